The molecule has 2 saturated heterocycles. The number of hydrogen-bond donors (Lipinski definition) is 2. The van der Waals surface area contributed by atoms with Gasteiger partial charge < -0.3 is 14.8 Å². The van der Waals surface area contributed by atoms with Crippen LogP contribution in [0.4, 0.5) is 0 Å². The van der Waals surface area contributed by atoms with Crippen LogP contribution in [0.2, 0.25) is 0 Å². The molecule has 3 fully saturated rings. The Balaban J connectivity index is 1.22. The molecular weight excluding hydrogens is 418 g/mol. The van der Waals surface area contributed by atoms with Crippen LogP contribution in [0.3, 0.4) is 0 Å². The number of benzene rings is 1. The number of amides is 5. The fourth-order valence-electron chi connectivity index (χ4n) is 4.59. The molecule has 168 valence electrons. The van der Waals surface area contributed by atoms with Crippen LogP contribution in [0.1, 0.15) is 52.8 Å². The Labute approximate surface area is 183 Å². The maximum absolute atomic E-state index is 12.9. The summed E-state index contributed by atoms with van der Waals surface area (Å²) in [7, 11) is 0. The fraction of sp³-hybridized carbons (Fsp3) is 0.500. The van der Waals surface area contributed by atoms with Gasteiger partial charge in [-0.25, -0.2) is 0 Å². The number of carbonyl (C=O) groups excluding carboxylic acids is 5. The number of carbonyl (C=O) groups is 5. The fourth-order valence-corrected chi connectivity index (χ4v) is 4.59. The summed E-state index contributed by atoms with van der Waals surface area (Å²) in [6.45, 7) is 0.406. The first-order chi connectivity index (χ1) is 15.4. The Hall–Kier alpha value is -3.27. The van der Waals surface area contributed by atoms with Gasteiger partial charge in [-0.1, -0.05) is 0 Å². The number of ether oxygens (including phenoxy) is 2. The summed E-state index contributed by atoms with van der Waals surface area (Å²) in [4.78, 5) is 62.3. The van der Waals surface area contributed by atoms with Crippen LogP contribution < -0.4 is 15.4 Å². The van der Waals surface area contributed by atoms with Crippen LogP contribution in [0.25, 0.3) is 0 Å². The molecule has 3 aliphatic heterocycles. The van der Waals surface area contributed by atoms with E-state index in [0.717, 1.165) is 24.2 Å². The molecule has 2 N–H and O–H groups in total. The van der Waals surface area contributed by atoms with E-state index in [1.54, 1.807) is 0 Å². The van der Waals surface area contributed by atoms with Crippen molar-refractivity contribution in [2.75, 3.05) is 13.2 Å². The van der Waals surface area contributed by atoms with Crippen LogP contribution in [0.5, 0.6) is 5.75 Å². The van der Waals surface area contributed by atoms with Crippen LogP contribution in [-0.4, -0.2) is 65.8 Å². The highest BCUT2D eigenvalue weighted by Gasteiger charge is 2.45. The van der Waals surface area contributed by atoms with Crippen LogP contribution in [0, 0.1) is 5.92 Å². The van der Waals surface area contributed by atoms with Crippen LogP contribution in [0.15, 0.2) is 18.2 Å². The SMILES string of the molecule is O=C1CCC(N2C(=O)c3ccc(OCC(=O)N[C@@H]4CCO[C@H]4C4CC4)cc3C2=O)C(=O)N1. The normalized spacial score (nSPS) is 27.4. The van der Waals surface area contributed by atoms with Crippen molar-refractivity contribution in [2.24, 2.45) is 5.92 Å². The van der Waals surface area contributed by atoms with Gasteiger partial charge in [-0.2, -0.15) is 0 Å². The van der Waals surface area contributed by atoms with E-state index in [2.05, 4.69) is 10.6 Å². The quantitative estimate of drug-likeness (QED) is 0.601. The van der Waals surface area contributed by atoms with Crippen molar-refractivity contribution >= 4 is 29.5 Å². The van der Waals surface area contributed by atoms with Gasteiger partial charge >= 0.3 is 0 Å². The average molecular weight is 441 g/mol. The first kappa shape index (κ1) is 20.6. The third-order valence-corrected chi connectivity index (χ3v) is 6.35. The van der Waals surface area contributed by atoms with Crippen molar-refractivity contribution in [3.8, 4) is 5.75 Å². The van der Waals surface area contributed by atoms with Gasteiger partial charge in [-0.05, 0) is 49.8 Å². The molecule has 4 aliphatic rings. The summed E-state index contributed by atoms with van der Waals surface area (Å²) in [5.74, 6) is -1.78. The molecule has 1 aliphatic carbocycles. The van der Waals surface area contributed by atoms with E-state index in [-0.39, 0.29) is 54.4 Å². The summed E-state index contributed by atoms with van der Waals surface area (Å²) in [5, 5.41) is 5.12. The molecule has 32 heavy (non-hydrogen) atoms. The summed E-state index contributed by atoms with van der Waals surface area (Å²) in [6, 6.07) is 3.32. The van der Waals surface area contributed by atoms with Crippen molar-refractivity contribution in [3.63, 3.8) is 0 Å². The second kappa shape index (κ2) is 8.01. The zero-order chi connectivity index (χ0) is 22.4. The summed E-state index contributed by atoms with van der Waals surface area (Å²) < 4.78 is 11.3. The van der Waals surface area contributed by atoms with E-state index in [1.165, 1.54) is 18.2 Å². The minimum Gasteiger partial charge on any atom is -0.484 e. The lowest BCUT2D eigenvalue weighted by Gasteiger charge is -2.27. The van der Waals surface area contributed by atoms with Crippen LogP contribution in [-0.2, 0) is 19.1 Å². The zero-order valence-electron chi connectivity index (χ0n) is 17.3. The molecule has 10 nitrogen and oxygen atoms in total. The number of imide groups is 2. The molecule has 1 aromatic carbocycles. The minimum absolute atomic E-state index is 0.0140. The summed E-state index contributed by atoms with van der Waals surface area (Å²) in [6.07, 6.45) is 3.25. The topological polar surface area (TPSA) is 131 Å². The van der Waals surface area contributed by atoms with Crippen molar-refractivity contribution in [1.29, 1.82) is 0 Å². The smallest absolute Gasteiger partial charge is 0.262 e. The van der Waals surface area contributed by atoms with Crippen LogP contribution >= 0.6 is 0 Å². The molecule has 3 heterocycles. The van der Waals surface area contributed by atoms with Gasteiger partial charge in [0.05, 0.1) is 23.3 Å². The maximum Gasteiger partial charge on any atom is 0.262 e. The number of nitrogens with one attached hydrogen (secondary N) is 2. The maximum atomic E-state index is 12.9. The monoisotopic (exact) mass is 441 g/mol. The summed E-state index contributed by atoms with van der Waals surface area (Å²) in [5.41, 5.74) is 0.266. The molecule has 3 atom stereocenters. The Morgan fingerprint density at radius 2 is 1.88 bits per heavy atom. The minimum atomic E-state index is -1.02. The van der Waals surface area contributed by atoms with E-state index < -0.39 is 29.7 Å². The van der Waals surface area contributed by atoms with E-state index in [4.69, 9.17) is 9.47 Å². The van der Waals surface area contributed by atoms with Gasteiger partial charge in [0.15, 0.2) is 6.61 Å². The number of rotatable bonds is 6. The number of nitrogens with zero attached hydrogens (tertiary/aromatic N) is 1. The van der Waals surface area contributed by atoms with Gasteiger partial charge in [0, 0.05) is 13.0 Å². The summed E-state index contributed by atoms with van der Waals surface area (Å²) >= 11 is 0. The Kier molecular flexibility index (Phi) is 5.16. The predicted octanol–water partition coefficient (Wildman–Crippen LogP) is 0.150. The Bertz CT molecular complexity index is 1020. The van der Waals surface area contributed by atoms with Gasteiger partial charge in [0.25, 0.3) is 17.7 Å². The lowest BCUT2D eigenvalue weighted by molar-refractivity contribution is -0.136. The molecule has 0 radical (unpaired) electrons. The van der Waals surface area contributed by atoms with Crippen molar-refractivity contribution in [3.05, 3.63) is 29.3 Å². The highest BCUT2D eigenvalue weighted by molar-refractivity contribution is 6.23. The molecule has 0 aromatic heterocycles. The number of fused-ring (bicyclic) bond motifs is 1. The van der Waals surface area contributed by atoms with E-state index in [0.29, 0.717) is 12.5 Å². The second-order valence-corrected chi connectivity index (χ2v) is 8.58. The molecule has 1 unspecified atom stereocenters. The van der Waals surface area contributed by atoms with Gasteiger partial charge in [-0.15, -0.1) is 0 Å². The van der Waals surface area contributed by atoms with E-state index >= 15 is 0 Å². The van der Waals surface area contributed by atoms with Crippen molar-refractivity contribution in [1.82, 2.24) is 15.5 Å². The first-order valence-corrected chi connectivity index (χ1v) is 10.8. The van der Waals surface area contributed by atoms with E-state index in [9.17, 15) is 24.0 Å². The number of piperidine rings is 1. The largest absolute Gasteiger partial charge is 0.484 e. The Morgan fingerprint density at radius 1 is 1.09 bits per heavy atom. The zero-order valence-corrected chi connectivity index (χ0v) is 17.3. The molecule has 5 amide bonds. The third-order valence-electron chi connectivity index (χ3n) is 6.35. The van der Waals surface area contributed by atoms with Crippen molar-refractivity contribution < 1.29 is 33.4 Å². The standard InChI is InChI=1S/C22H23N3O7/c26-17-6-5-16(20(28)24-17)25-21(29)13-4-3-12(9-14(13)22(25)30)32-10-18(27)23-15-7-8-31-19(15)11-1-2-11/h3-4,9,11,15-16,19H,1-2,5-8,10H2,(H,23,27)(H,24,26,28)/t15-,16?,19+/m1/s1. The molecule has 10 heteroatoms. The lowest BCUT2D eigenvalue weighted by Crippen LogP contribution is -2.54. The predicted molar refractivity (Wildman–Crippen MR) is 108 cm³/mol. The van der Waals surface area contributed by atoms with Gasteiger partial charge in [0.1, 0.15) is 11.8 Å². The van der Waals surface area contributed by atoms with Gasteiger partial charge in [0.2, 0.25) is 11.8 Å². The molecule has 0 spiro atoms. The molecule has 1 saturated carbocycles. The van der Waals surface area contributed by atoms with Gasteiger partial charge in [-0.3, -0.25) is 34.2 Å². The first-order valence-electron chi connectivity index (χ1n) is 10.8. The molecule has 5 rings (SSSR count). The molecular formula is C22H23N3O7. The highest BCUT2D eigenvalue weighted by atomic mass is 16.5. The lowest BCUT2D eigenvalue weighted by atomic mass is 10.0. The number of hydrogen-bond acceptors (Lipinski definition) is 7. The molecule has 1 aromatic rings. The third kappa shape index (κ3) is 3.75. The van der Waals surface area contributed by atoms with E-state index in [1.807, 2.05) is 0 Å². The molecule has 0 bridgehead atoms. The second-order valence-electron chi connectivity index (χ2n) is 8.58. The van der Waals surface area contributed by atoms with Crippen molar-refractivity contribution in [2.45, 2.75) is 50.3 Å². The average Bonchev–Trinajstić information content (AvgIpc) is 3.46. The highest BCUT2D eigenvalue weighted by Crippen LogP contribution is 2.38. The Morgan fingerprint density at radius 3 is 2.62 bits per heavy atom.